The molecule has 8 heteroatoms. The molecule has 0 radical (unpaired) electrons. The largest absolute Gasteiger partial charge is 0.497 e. The third-order valence-corrected chi connectivity index (χ3v) is 6.59. The number of piperidine rings is 1. The normalized spacial score (nSPS) is 23.2. The van der Waals surface area contributed by atoms with E-state index in [-0.39, 0.29) is 17.9 Å². The molecule has 0 spiro atoms. The fraction of sp³-hybridized carbons (Fsp3) is 0.632. The lowest BCUT2D eigenvalue weighted by molar-refractivity contribution is -0.127. The van der Waals surface area contributed by atoms with Crippen molar-refractivity contribution < 1.29 is 22.7 Å². The molecule has 150 valence electrons. The number of rotatable bonds is 4. The first-order chi connectivity index (χ1) is 12.6. The van der Waals surface area contributed by atoms with Crippen LogP contribution in [0.3, 0.4) is 0 Å². The molecule has 1 saturated heterocycles. The van der Waals surface area contributed by atoms with E-state index in [1.807, 2.05) is 32.0 Å². The first-order valence-corrected chi connectivity index (χ1v) is 11.1. The maximum absolute atomic E-state index is 12.8. The Kier molecular flexibility index (Phi) is 5.40. The third kappa shape index (κ3) is 4.55. The van der Waals surface area contributed by atoms with Gasteiger partial charge in [0, 0.05) is 37.1 Å². The van der Waals surface area contributed by atoms with E-state index < -0.39 is 15.6 Å². The minimum atomic E-state index is -3.19. The number of benzene rings is 1. The number of fused-ring (bicyclic) bond motifs is 1. The molecule has 0 saturated carbocycles. The van der Waals surface area contributed by atoms with E-state index >= 15 is 0 Å². The number of carbonyl (C=O) groups is 1. The van der Waals surface area contributed by atoms with Gasteiger partial charge in [-0.15, -0.1) is 0 Å². The molecule has 1 fully saturated rings. The Balaban J connectivity index is 1.71. The maximum Gasteiger partial charge on any atom is 0.223 e. The molecule has 3 rings (SSSR count). The van der Waals surface area contributed by atoms with Crippen LogP contribution in [-0.4, -0.2) is 50.7 Å². The molecule has 0 bridgehead atoms. The molecule has 1 aromatic rings. The molecule has 0 unspecified atom stereocenters. The molecule has 1 aromatic carbocycles. The second-order valence-electron chi connectivity index (χ2n) is 7.97. The van der Waals surface area contributed by atoms with Gasteiger partial charge in [-0.05, 0) is 38.8 Å². The van der Waals surface area contributed by atoms with Crippen LogP contribution in [0.15, 0.2) is 18.2 Å². The Morgan fingerprint density at radius 3 is 2.56 bits per heavy atom. The molecule has 1 N–H and O–H groups in total. The number of carbonyl (C=O) groups excluding carboxylic acids is 1. The predicted molar refractivity (Wildman–Crippen MR) is 102 cm³/mol. The zero-order valence-electron chi connectivity index (χ0n) is 16.3. The van der Waals surface area contributed by atoms with Crippen molar-refractivity contribution in [1.29, 1.82) is 0 Å². The molecule has 1 atom stereocenters. The number of nitrogens with one attached hydrogen (secondary N) is 1. The zero-order chi connectivity index (χ0) is 19.8. The summed E-state index contributed by atoms with van der Waals surface area (Å²) in [7, 11) is -1.58. The second kappa shape index (κ2) is 7.31. The number of sulfonamides is 1. The van der Waals surface area contributed by atoms with Gasteiger partial charge in [-0.2, -0.15) is 0 Å². The van der Waals surface area contributed by atoms with Gasteiger partial charge >= 0.3 is 0 Å². The van der Waals surface area contributed by atoms with E-state index in [9.17, 15) is 13.2 Å². The Bertz CT molecular complexity index is 813. The summed E-state index contributed by atoms with van der Waals surface area (Å²) in [4.78, 5) is 12.8. The number of nitrogens with zero attached hydrogens (tertiary/aromatic N) is 1. The maximum atomic E-state index is 12.8. The smallest absolute Gasteiger partial charge is 0.223 e. The lowest BCUT2D eigenvalue weighted by Crippen LogP contribution is -2.46. The summed E-state index contributed by atoms with van der Waals surface area (Å²) >= 11 is 0. The van der Waals surface area contributed by atoms with Crippen molar-refractivity contribution in [3.8, 4) is 11.5 Å². The van der Waals surface area contributed by atoms with Crippen molar-refractivity contribution in [3.05, 3.63) is 23.8 Å². The van der Waals surface area contributed by atoms with Gasteiger partial charge in [-0.25, -0.2) is 12.7 Å². The van der Waals surface area contributed by atoms with Crippen molar-refractivity contribution in [2.75, 3.05) is 26.5 Å². The van der Waals surface area contributed by atoms with Crippen LogP contribution in [0.1, 0.15) is 44.7 Å². The average molecular weight is 397 g/mol. The molecule has 27 heavy (non-hydrogen) atoms. The molecule has 7 nitrogen and oxygen atoms in total. The summed E-state index contributed by atoms with van der Waals surface area (Å²) in [5, 5.41) is 3.16. The highest BCUT2D eigenvalue weighted by molar-refractivity contribution is 7.88. The number of ether oxygens (including phenoxy) is 2. The number of hydrogen-bond donors (Lipinski definition) is 1. The highest BCUT2D eigenvalue weighted by atomic mass is 32.2. The quantitative estimate of drug-likeness (QED) is 0.842. The number of methoxy groups -OCH3 is 1. The Labute approximate surface area is 161 Å². The molecule has 2 heterocycles. The summed E-state index contributed by atoms with van der Waals surface area (Å²) in [6.07, 6.45) is 2.96. The van der Waals surface area contributed by atoms with Gasteiger partial charge in [0.15, 0.2) is 0 Å². The highest BCUT2D eigenvalue weighted by Gasteiger charge is 2.36. The van der Waals surface area contributed by atoms with E-state index in [1.165, 1.54) is 10.6 Å². The zero-order valence-corrected chi connectivity index (χ0v) is 17.1. The number of amides is 1. The average Bonchev–Trinajstić information content (AvgIpc) is 2.59. The topological polar surface area (TPSA) is 84.9 Å². The minimum Gasteiger partial charge on any atom is -0.497 e. The molecule has 0 aliphatic carbocycles. The highest BCUT2D eigenvalue weighted by Crippen LogP contribution is 2.41. The first-order valence-electron chi connectivity index (χ1n) is 9.21. The first kappa shape index (κ1) is 19.9. The van der Waals surface area contributed by atoms with Gasteiger partial charge in [0.2, 0.25) is 15.9 Å². The lowest BCUT2D eigenvalue weighted by atomic mass is 9.88. The van der Waals surface area contributed by atoms with Gasteiger partial charge in [-0.1, -0.05) is 0 Å². The van der Waals surface area contributed by atoms with Crippen LogP contribution in [0.4, 0.5) is 0 Å². The Hall–Kier alpha value is -1.80. The van der Waals surface area contributed by atoms with Crippen LogP contribution >= 0.6 is 0 Å². The predicted octanol–water partition coefficient (Wildman–Crippen LogP) is 2.09. The van der Waals surface area contributed by atoms with Crippen LogP contribution < -0.4 is 14.8 Å². The van der Waals surface area contributed by atoms with Crippen molar-refractivity contribution >= 4 is 15.9 Å². The standard InChI is InChI=1S/C19H28N2O5S/c1-19(2)12-16(15-6-5-14(25-3)11-17(15)26-19)20-18(22)13-7-9-21(10-8-13)27(4,23)24/h5-6,11,13,16H,7-10,12H2,1-4H3,(H,20,22)/t16-/m0/s1. The van der Waals surface area contributed by atoms with E-state index in [4.69, 9.17) is 9.47 Å². The van der Waals surface area contributed by atoms with Crippen LogP contribution in [0.2, 0.25) is 0 Å². The Morgan fingerprint density at radius 2 is 1.96 bits per heavy atom. The van der Waals surface area contributed by atoms with E-state index in [0.29, 0.717) is 38.1 Å². The Morgan fingerprint density at radius 1 is 1.30 bits per heavy atom. The molecule has 1 amide bonds. The third-order valence-electron chi connectivity index (χ3n) is 5.29. The van der Waals surface area contributed by atoms with Crippen molar-refractivity contribution in [1.82, 2.24) is 9.62 Å². The summed E-state index contributed by atoms with van der Waals surface area (Å²) in [6, 6.07) is 5.50. The molecule has 2 aliphatic heterocycles. The van der Waals surface area contributed by atoms with Gasteiger partial charge in [-0.3, -0.25) is 4.79 Å². The van der Waals surface area contributed by atoms with Gasteiger partial charge < -0.3 is 14.8 Å². The molecule has 2 aliphatic rings. The molecule has 0 aromatic heterocycles. The van der Waals surface area contributed by atoms with Crippen LogP contribution in [0.5, 0.6) is 11.5 Å². The minimum absolute atomic E-state index is 0.0207. The SMILES string of the molecule is COc1ccc2c(c1)OC(C)(C)C[C@@H]2NC(=O)C1CCN(S(C)(=O)=O)CC1. The summed E-state index contributed by atoms with van der Waals surface area (Å²) in [6.45, 7) is 4.78. The molecular formula is C19H28N2O5S. The van der Waals surface area contributed by atoms with E-state index in [1.54, 1.807) is 7.11 Å². The van der Waals surface area contributed by atoms with Gasteiger partial charge in [0.25, 0.3) is 0 Å². The van der Waals surface area contributed by atoms with Crippen LogP contribution in [0.25, 0.3) is 0 Å². The summed E-state index contributed by atoms with van der Waals surface area (Å²) in [5.74, 6) is 1.25. The fourth-order valence-electron chi connectivity index (χ4n) is 3.83. The summed E-state index contributed by atoms with van der Waals surface area (Å²) < 4.78 is 36.1. The van der Waals surface area contributed by atoms with E-state index in [0.717, 1.165) is 11.3 Å². The van der Waals surface area contributed by atoms with Crippen molar-refractivity contribution in [2.45, 2.75) is 44.8 Å². The number of hydrogen-bond acceptors (Lipinski definition) is 5. The van der Waals surface area contributed by atoms with E-state index in [2.05, 4.69) is 5.32 Å². The van der Waals surface area contributed by atoms with Crippen LogP contribution in [0, 0.1) is 5.92 Å². The van der Waals surface area contributed by atoms with Gasteiger partial charge in [0.1, 0.15) is 17.1 Å². The van der Waals surface area contributed by atoms with Crippen LogP contribution in [-0.2, 0) is 14.8 Å². The summed E-state index contributed by atoms with van der Waals surface area (Å²) in [5.41, 5.74) is 0.536. The van der Waals surface area contributed by atoms with Gasteiger partial charge in [0.05, 0.1) is 19.4 Å². The van der Waals surface area contributed by atoms with Crippen molar-refractivity contribution in [3.63, 3.8) is 0 Å². The second-order valence-corrected chi connectivity index (χ2v) is 9.95. The monoisotopic (exact) mass is 396 g/mol. The van der Waals surface area contributed by atoms with Crippen molar-refractivity contribution in [2.24, 2.45) is 5.92 Å². The fourth-order valence-corrected chi connectivity index (χ4v) is 4.70. The molecular weight excluding hydrogens is 368 g/mol. The lowest BCUT2D eigenvalue weighted by Gasteiger charge is -2.39.